The first-order valence-corrected chi connectivity index (χ1v) is 10.9. The molecular weight excluding hydrogens is 477 g/mol. The van der Waals surface area contributed by atoms with Gasteiger partial charge in [0.05, 0.1) is 10.6 Å². The monoisotopic (exact) mass is 509 g/mol. The first-order chi connectivity index (χ1) is 12.5. The first kappa shape index (κ1) is 24.2. The average molecular weight is 509 g/mol. The Bertz CT molecular complexity index is 675. The lowest BCUT2D eigenvalue weighted by Gasteiger charge is -2.29. The number of sulfone groups is 1. The van der Waals surface area contributed by atoms with Crippen LogP contribution < -0.4 is 10.6 Å². The summed E-state index contributed by atoms with van der Waals surface area (Å²) in [6.07, 6.45) is 5.95. The lowest BCUT2D eigenvalue weighted by Crippen LogP contribution is -2.44. The Balaban J connectivity index is 0.00000364. The van der Waals surface area contributed by atoms with Crippen LogP contribution in [0.25, 0.3) is 0 Å². The van der Waals surface area contributed by atoms with E-state index in [0.29, 0.717) is 17.4 Å². The van der Waals surface area contributed by atoms with Crippen LogP contribution in [0.3, 0.4) is 0 Å². The standard InChI is InChI=1S/C19H31N3O3S.HI/c1-20-18(22-16-19(12-14-25-2)10-6-7-11-19)21-13-15-26(23,24)17-8-4-3-5-9-17;/h3-5,8-9H,6-7,10-16H2,1-2H3,(H2,20,21,22);1H. The zero-order valence-electron chi connectivity index (χ0n) is 16.2. The third-order valence-corrected chi connectivity index (χ3v) is 6.85. The van der Waals surface area contributed by atoms with E-state index in [1.807, 2.05) is 6.07 Å². The summed E-state index contributed by atoms with van der Waals surface area (Å²) in [6, 6.07) is 8.54. The SMILES string of the molecule is CN=C(NCCS(=O)(=O)c1ccccc1)NCC1(CCOC)CCCC1.I. The summed E-state index contributed by atoms with van der Waals surface area (Å²) in [7, 11) is 0.165. The highest BCUT2D eigenvalue weighted by atomic mass is 127. The van der Waals surface area contributed by atoms with Gasteiger partial charge in [0.1, 0.15) is 0 Å². The molecule has 6 nitrogen and oxygen atoms in total. The van der Waals surface area contributed by atoms with Crippen LogP contribution in [0.15, 0.2) is 40.2 Å². The van der Waals surface area contributed by atoms with Crippen molar-refractivity contribution in [1.29, 1.82) is 0 Å². The number of nitrogens with one attached hydrogen (secondary N) is 2. The maximum absolute atomic E-state index is 12.3. The second-order valence-corrected chi connectivity index (χ2v) is 9.04. The number of halogens is 1. The molecule has 0 unspecified atom stereocenters. The van der Waals surface area contributed by atoms with Gasteiger partial charge in [-0.1, -0.05) is 31.0 Å². The molecule has 0 aromatic heterocycles. The van der Waals surface area contributed by atoms with E-state index in [-0.39, 0.29) is 35.1 Å². The van der Waals surface area contributed by atoms with Gasteiger partial charge in [0.25, 0.3) is 0 Å². The maximum Gasteiger partial charge on any atom is 0.191 e. The third-order valence-electron chi connectivity index (χ3n) is 5.12. The molecular formula is C19H32IN3O3S. The summed E-state index contributed by atoms with van der Waals surface area (Å²) in [5.74, 6) is 0.684. The van der Waals surface area contributed by atoms with Gasteiger partial charge in [0.15, 0.2) is 15.8 Å². The Morgan fingerprint density at radius 3 is 2.44 bits per heavy atom. The lowest BCUT2D eigenvalue weighted by molar-refractivity contribution is 0.138. The number of methoxy groups -OCH3 is 1. The molecule has 154 valence electrons. The molecule has 1 aliphatic rings. The van der Waals surface area contributed by atoms with Crippen molar-refractivity contribution in [2.24, 2.45) is 10.4 Å². The molecule has 0 aliphatic heterocycles. The molecule has 2 rings (SSSR count). The number of aliphatic imine (C=N–C) groups is 1. The fourth-order valence-electron chi connectivity index (χ4n) is 3.50. The van der Waals surface area contributed by atoms with Crippen molar-refractivity contribution in [2.75, 3.05) is 39.6 Å². The first-order valence-electron chi connectivity index (χ1n) is 9.23. The molecule has 1 fully saturated rings. The molecule has 0 saturated heterocycles. The minimum Gasteiger partial charge on any atom is -0.385 e. The maximum atomic E-state index is 12.3. The van der Waals surface area contributed by atoms with Crippen LogP contribution in [0.2, 0.25) is 0 Å². The molecule has 0 amide bonds. The van der Waals surface area contributed by atoms with Crippen LogP contribution in [0, 0.1) is 5.41 Å². The van der Waals surface area contributed by atoms with Crippen LogP contribution in [0.4, 0.5) is 0 Å². The third kappa shape index (κ3) is 7.57. The van der Waals surface area contributed by atoms with E-state index >= 15 is 0 Å². The summed E-state index contributed by atoms with van der Waals surface area (Å²) in [5.41, 5.74) is 0.254. The molecule has 8 heteroatoms. The van der Waals surface area contributed by atoms with Gasteiger partial charge in [-0.2, -0.15) is 0 Å². The van der Waals surface area contributed by atoms with E-state index in [2.05, 4.69) is 15.6 Å². The predicted molar refractivity (Wildman–Crippen MR) is 121 cm³/mol. The van der Waals surface area contributed by atoms with Crippen molar-refractivity contribution < 1.29 is 13.2 Å². The van der Waals surface area contributed by atoms with Crippen molar-refractivity contribution >= 4 is 39.8 Å². The zero-order chi connectivity index (χ0) is 18.9. The van der Waals surface area contributed by atoms with Gasteiger partial charge in [-0.3, -0.25) is 4.99 Å². The molecule has 1 aromatic carbocycles. The van der Waals surface area contributed by atoms with Crippen LogP contribution in [0.5, 0.6) is 0 Å². The molecule has 0 bridgehead atoms. The number of hydrogen-bond donors (Lipinski definition) is 2. The molecule has 0 radical (unpaired) electrons. The van der Waals surface area contributed by atoms with Gasteiger partial charge in [0.2, 0.25) is 0 Å². The van der Waals surface area contributed by atoms with Crippen LogP contribution in [0.1, 0.15) is 32.1 Å². The van der Waals surface area contributed by atoms with Crippen LogP contribution in [-0.4, -0.2) is 54.0 Å². The van der Waals surface area contributed by atoms with Gasteiger partial charge < -0.3 is 15.4 Å². The van der Waals surface area contributed by atoms with E-state index in [4.69, 9.17) is 4.74 Å². The van der Waals surface area contributed by atoms with E-state index in [9.17, 15) is 8.42 Å². The highest BCUT2D eigenvalue weighted by molar-refractivity contribution is 14.0. The quantitative estimate of drug-likeness (QED) is 0.304. The minimum atomic E-state index is -3.28. The van der Waals surface area contributed by atoms with Crippen molar-refractivity contribution in [3.8, 4) is 0 Å². The Kier molecular flexibility index (Phi) is 10.6. The number of rotatable bonds is 9. The molecule has 27 heavy (non-hydrogen) atoms. The van der Waals surface area contributed by atoms with Gasteiger partial charge in [-0.15, -0.1) is 24.0 Å². The summed E-state index contributed by atoms with van der Waals surface area (Å²) in [4.78, 5) is 4.58. The lowest BCUT2D eigenvalue weighted by atomic mass is 9.83. The van der Waals surface area contributed by atoms with Crippen molar-refractivity contribution in [3.05, 3.63) is 30.3 Å². The summed E-state index contributed by atoms with van der Waals surface area (Å²) >= 11 is 0. The topological polar surface area (TPSA) is 79.8 Å². The van der Waals surface area contributed by atoms with Crippen LogP contribution >= 0.6 is 24.0 Å². The summed E-state index contributed by atoms with van der Waals surface area (Å²) < 4.78 is 29.9. The van der Waals surface area contributed by atoms with Gasteiger partial charge in [-0.05, 0) is 36.8 Å². The summed E-state index contributed by atoms with van der Waals surface area (Å²) in [6.45, 7) is 1.92. The second-order valence-electron chi connectivity index (χ2n) is 6.93. The Labute approximate surface area is 180 Å². The molecule has 0 atom stereocenters. The van der Waals surface area contributed by atoms with E-state index in [1.165, 1.54) is 25.7 Å². The average Bonchev–Trinajstić information content (AvgIpc) is 3.12. The molecule has 0 heterocycles. The Morgan fingerprint density at radius 2 is 1.85 bits per heavy atom. The normalized spacial score (nSPS) is 16.6. The number of benzene rings is 1. The van der Waals surface area contributed by atoms with Crippen LogP contribution in [-0.2, 0) is 14.6 Å². The number of ether oxygens (including phenoxy) is 1. The van der Waals surface area contributed by atoms with E-state index in [0.717, 1.165) is 19.6 Å². The summed E-state index contributed by atoms with van der Waals surface area (Å²) in [5, 5.41) is 6.50. The molecule has 1 aromatic rings. The van der Waals surface area contributed by atoms with Gasteiger partial charge in [-0.25, -0.2) is 8.42 Å². The number of nitrogens with zero attached hydrogens (tertiary/aromatic N) is 1. The number of guanidine groups is 1. The van der Waals surface area contributed by atoms with Gasteiger partial charge in [0, 0.05) is 33.9 Å². The molecule has 2 N–H and O–H groups in total. The predicted octanol–water partition coefficient (Wildman–Crippen LogP) is 2.84. The Hall–Kier alpha value is -0.870. The van der Waals surface area contributed by atoms with Gasteiger partial charge >= 0.3 is 0 Å². The Morgan fingerprint density at radius 1 is 1.19 bits per heavy atom. The fourth-order valence-corrected chi connectivity index (χ4v) is 4.68. The minimum absolute atomic E-state index is 0. The zero-order valence-corrected chi connectivity index (χ0v) is 19.4. The largest absolute Gasteiger partial charge is 0.385 e. The van der Waals surface area contributed by atoms with E-state index < -0.39 is 9.84 Å². The molecule has 0 spiro atoms. The molecule has 1 saturated carbocycles. The fraction of sp³-hybridized carbons (Fsp3) is 0.632. The second kappa shape index (κ2) is 11.9. The number of hydrogen-bond acceptors (Lipinski definition) is 4. The smallest absolute Gasteiger partial charge is 0.191 e. The highest BCUT2D eigenvalue weighted by Crippen LogP contribution is 2.40. The highest BCUT2D eigenvalue weighted by Gasteiger charge is 2.33. The van der Waals surface area contributed by atoms with Crippen molar-refractivity contribution in [1.82, 2.24) is 10.6 Å². The van der Waals surface area contributed by atoms with E-state index in [1.54, 1.807) is 38.4 Å². The van der Waals surface area contributed by atoms with Crippen molar-refractivity contribution in [3.63, 3.8) is 0 Å². The van der Waals surface area contributed by atoms with Crippen molar-refractivity contribution in [2.45, 2.75) is 37.0 Å². The molecule has 1 aliphatic carbocycles.